The van der Waals surface area contributed by atoms with Crippen LogP contribution in [-0.4, -0.2) is 4.98 Å². The molecule has 2 rings (SSSR count). The molecule has 0 amide bonds. The van der Waals surface area contributed by atoms with Crippen LogP contribution in [0.2, 0.25) is 0 Å². The van der Waals surface area contributed by atoms with Crippen LogP contribution in [0.15, 0.2) is 47.2 Å². The number of pyridine rings is 1. The van der Waals surface area contributed by atoms with E-state index in [0.717, 1.165) is 15.7 Å². The minimum Gasteiger partial charge on any atom is -0.379 e. The van der Waals surface area contributed by atoms with Crippen LogP contribution in [0.5, 0.6) is 0 Å². The summed E-state index contributed by atoms with van der Waals surface area (Å²) in [6.45, 7) is 0.674. The van der Waals surface area contributed by atoms with Crippen molar-refractivity contribution >= 4 is 21.6 Å². The molecule has 0 aliphatic heterocycles. The molecule has 1 aromatic carbocycles. The van der Waals surface area contributed by atoms with Crippen LogP contribution >= 0.6 is 15.9 Å². The van der Waals surface area contributed by atoms with Crippen molar-refractivity contribution in [1.82, 2.24) is 4.98 Å². The molecule has 1 heterocycles. The number of aromatic nitrogens is 1. The molecule has 0 saturated carbocycles. The lowest BCUT2D eigenvalue weighted by Gasteiger charge is -2.07. The fraction of sp³-hybridized carbons (Fsp3) is 0.0769. The highest BCUT2D eigenvalue weighted by molar-refractivity contribution is 9.10. The van der Waals surface area contributed by atoms with Crippen LogP contribution in [0.1, 0.15) is 11.1 Å². The third-order valence-corrected chi connectivity index (χ3v) is 2.87. The molecule has 2 aromatic rings. The molecule has 0 unspecified atom stereocenters. The molecule has 3 nitrogen and oxygen atoms in total. The van der Waals surface area contributed by atoms with E-state index in [1.54, 1.807) is 18.5 Å². The highest BCUT2D eigenvalue weighted by Gasteiger charge is 2.00. The monoisotopic (exact) mass is 287 g/mol. The van der Waals surface area contributed by atoms with Gasteiger partial charge in [-0.3, -0.25) is 4.98 Å². The van der Waals surface area contributed by atoms with Gasteiger partial charge >= 0.3 is 0 Å². The van der Waals surface area contributed by atoms with E-state index in [4.69, 9.17) is 5.26 Å². The van der Waals surface area contributed by atoms with Crippen molar-refractivity contribution < 1.29 is 0 Å². The predicted molar refractivity (Wildman–Crippen MR) is 70.4 cm³/mol. The van der Waals surface area contributed by atoms with Crippen LogP contribution < -0.4 is 5.32 Å². The van der Waals surface area contributed by atoms with E-state index >= 15 is 0 Å². The summed E-state index contributed by atoms with van der Waals surface area (Å²) in [4.78, 5) is 4.00. The fourth-order valence-electron chi connectivity index (χ4n) is 1.43. The smallest absolute Gasteiger partial charge is 0.101 e. The molecule has 0 bridgehead atoms. The Kier molecular flexibility index (Phi) is 3.73. The number of hydrogen-bond acceptors (Lipinski definition) is 3. The number of anilines is 1. The van der Waals surface area contributed by atoms with E-state index in [9.17, 15) is 0 Å². The largest absolute Gasteiger partial charge is 0.379 e. The number of hydrogen-bond donors (Lipinski definition) is 1. The predicted octanol–water partition coefficient (Wildman–Crippen LogP) is 3.33. The minimum absolute atomic E-state index is 0.608. The summed E-state index contributed by atoms with van der Waals surface area (Å²) >= 11 is 3.39. The number of halogens is 1. The van der Waals surface area contributed by atoms with Gasteiger partial charge in [-0.25, -0.2) is 0 Å². The van der Waals surface area contributed by atoms with Crippen molar-refractivity contribution in [3.05, 3.63) is 58.3 Å². The number of nitrogens with zero attached hydrogens (tertiary/aromatic N) is 2. The first kappa shape index (κ1) is 11.6. The van der Waals surface area contributed by atoms with Crippen LogP contribution in [0, 0.1) is 11.3 Å². The topological polar surface area (TPSA) is 48.7 Å². The second-order valence-electron chi connectivity index (χ2n) is 3.51. The summed E-state index contributed by atoms with van der Waals surface area (Å²) in [5, 5.41) is 12.1. The van der Waals surface area contributed by atoms with Crippen LogP contribution in [-0.2, 0) is 6.54 Å². The average molecular weight is 288 g/mol. The first-order valence-corrected chi connectivity index (χ1v) is 5.91. The van der Waals surface area contributed by atoms with Crippen LogP contribution in [0.3, 0.4) is 0 Å². The Balaban J connectivity index is 2.08. The number of rotatable bonds is 3. The molecule has 0 saturated heterocycles. The summed E-state index contributed by atoms with van der Waals surface area (Å²) in [6.07, 6.45) is 3.28. The van der Waals surface area contributed by atoms with Crippen LogP contribution in [0.25, 0.3) is 0 Å². The third-order valence-electron chi connectivity index (χ3n) is 2.34. The number of benzene rings is 1. The van der Waals surface area contributed by atoms with Gasteiger partial charge in [0.05, 0.1) is 17.4 Å². The Bertz CT molecular complexity index is 543. The first-order chi connectivity index (χ1) is 8.29. The molecule has 4 heteroatoms. The van der Waals surface area contributed by atoms with Gasteiger partial charge in [0.15, 0.2) is 0 Å². The van der Waals surface area contributed by atoms with E-state index in [-0.39, 0.29) is 0 Å². The van der Waals surface area contributed by atoms with Crippen molar-refractivity contribution in [2.75, 3.05) is 5.32 Å². The lowest BCUT2D eigenvalue weighted by atomic mass is 10.2. The Hall–Kier alpha value is -1.86. The highest BCUT2D eigenvalue weighted by Crippen LogP contribution is 2.15. The SMILES string of the molecule is N#Cc1ccncc1NCc1ccc(Br)cc1. The van der Waals surface area contributed by atoms with Gasteiger partial charge in [0.1, 0.15) is 6.07 Å². The average Bonchev–Trinajstić information content (AvgIpc) is 2.38. The van der Waals surface area contributed by atoms with Gasteiger partial charge in [-0.1, -0.05) is 28.1 Å². The fourth-order valence-corrected chi connectivity index (χ4v) is 1.70. The summed E-state index contributed by atoms with van der Waals surface area (Å²) in [7, 11) is 0. The normalized spacial score (nSPS) is 9.65. The van der Waals surface area contributed by atoms with Crippen molar-refractivity contribution in [2.24, 2.45) is 0 Å². The lowest BCUT2D eigenvalue weighted by Crippen LogP contribution is -2.01. The number of nitrogens with one attached hydrogen (secondary N) is 1. The third kappa shape index (κ3) is 3.05. The molecule has 17 heavy (non-hydrogen) atoms. The molecular weight excluding hydrogens is 278 g/mol. The Morgan fingerprint density at radius 1 is 1.24 bits per heavy atom. The van der Waals surface area contributed by atoms with Gasteiger partial charge in [0.2, 0.25) is 0 Å². The van der Waals surface area contributed by atoms with E-state index in [1.165, 1.54) is 0 Å². The zero-order chi connectivity index (χ0) is 12.1. The van der Waals surface area contributed by atoms with Gasteiger partial charge < -0.3 is 5.32 Å². The zero-order valence-electron chi connectivity index (χ0n) is 9.02. The quantitative estimate of drug-likeness (QED) is 0.942. The molecule has 1 N–H and O–H groups in total. The van der Waals surface area contributed by atoms with E-state index < -0.39 is 0 Å². The molecule has 84 valence electrons. The molecule has 0 spiro atoms. The standard InChI is InChI=1S/C13H10BrN3/c14-12-3-1-10(2-4-12)8-17-13-9-16-6-5-11(13)7-15/h1-6,9,17H,8H2. The van der Waals surface area contributed by atoms with Crippen molar-refractivity contribution in [1.29, 1.82) is 5.26 Å². The molecule has 1 aromatic heterocycles. The first-order valence-electron chi connectivity index (χ1n) is 5.12. The molecule has 0 fully saturated rings. The number of nitriles is 1. The Morgan fingerprint density at radius 3 is 2.71 bits per heavy atom. The summed E-state index contributed by atoms with van der Waals surface area (Å²) in [6, 6.07) is 11.9. The van der Waals surface area contributed by atoms with Gasteiger partial charge in [0, 0.05) is 17.2 Å². The summed E-state index contributed by atoms with van der Waals surface area (Å²) in [5.41, 5.74) is 2.52. The minimum atomic E-state index is 0.608. The van der Waals surface area contributed by atoms with E-state index in [0.29, 0.717) is 12.1 Å². The second kappa shape index (κ2) is 5.46. The second-order valence-corrected chi connectivity index (χ2v) is 4.43. The van der Waals surface area contributed by atoms with Gasteiger partial charge in [-0.2, -0.15) is 5.26 Å². The van der Waals surface area contributed by atoms with E-state index in [1.807, 2.05) is 24.3 Å². The molecular formula is C13H10BrN3. The van der Waals surface area contributed by atoms with Gasteiger partial charge in [-0.05, 0) is 23.8 Å². The zero-order valence-corrected chi connectivity index (χ0v) is 10.6. The maximum Gasteiger partial charge on any atom is 0.101 e. The van der Waals surface area contributed by atoms with E-state index in [2.05, 4.69) is 32.3 Å². The summed E-state index contributed by atoms with van der Waals surface area (Å²) in [5.74, 6) is 0. The van der Waals surface area contributed by atoms with Crippen molar-refractivity contribution in [3.63, 3.8) is 0 Å². The highest BCUT2D eigenvalue weighted by atomic mass is 79.9. The Labute approximate surface area is 108 Å². The van der Waals surface area contributed by atoms with Crippen molar-refractivity contribution in [2.45, 2.75) is 6.54 Å². The Morgan fingerprint density at radius 2 is 2.00 bits per heavy atom. The maximum atomic E-state index is 8.93. The molecule has 0 aliphatic rings. The van der Waals surface area contributed by atoms with Crippen LogP contribution in [0.4, 0.5) is 5.69 Å². The van der Waals surface area contributed by atoms with Crippen molar-refractivity contribution in [3.8, 4) is 6.07 Å². The van der Waals surface area contributed by atoms with Gasteiger partial charge in [-0.15, -0.1) is 0 Å². The molecule has 0 radical (unpaired) electrons. The molecule has 0 atom stereocenters. The van der Waals surface area contributed by atoms with Gasteiger partial charge in [0.25, 0.3) is 0 Å². The maximum absolute atomic E-state index is 8.93. The summed E-state index contributed by atoms with van der Waals surface area (Å²) < 4.78 is 1.06. The lowest BCUT2D eigenvalue weighted by molar-refractivity contribution is 1.13. The molecule has 0 aliphatic carbocycles.